The second-order valence-corrected chi connectivity index (χ2v) is 5.82. The molecule has 0 aromatic carbocycles. The summed E-state index contributed by atoms with van der Waals surface area (Å²) in [5.41, 5.74) is -1.22. The SMILES string of the molecule is CCCc1ncc(C(=O)NC(C)(CCC)C(=O)O)s1. The zero-order valence-electron chi connectivity index (χ0n) is 11.5. The van der Waals surface area contributed by atoms with Crippen LogP contribution in [0.5, 0.6) is 0 Å². The highest BCUT2D eigenvalue weighted by atomic mass is 32.1. The third-order valence-corrected chi connectivity index (χ3v) is 3.91. The van der Waals surface area contributed by atoms with Crippen molar-refractivity contribution in [3.05, 3.63) is 16.1 Å². The van der Waals surface area contributed by atoms with Gasteiger partial charge in [0.05, 0.1) is 11.2 Å². The topological polar surface area (TPSA) is 79.3 Å². The number of carboxylic acids is 1. The lowest BCUT2D eigenvalue weighted by Crippen LogP contribution is -2.51. The van der Waals surface area contributed by atoms with Crippen LogP contribution in [0, 0.1) is 0 Å². The summed E-state index contributed by atoms with van der Waals surface area (Å²) in [4.78, 5) is 27.9. The zero-order chi connectivity index (χ0) is 14.5. The second kappa shape index (κ2) is 6.65. The number of carbonyl (C=O) groups excluding carboxylic acids is 1. The number of amides is 1. The van der Waals surface area contributed by atoms with Crippen molar-refractivity contribution in [1.82, 2.24) is 10.3 Å². The molecule has 0 saturated heterocycles. The molecule has 0 fully saturated rings. The highest BCUT2D eigenvalue weighted by Crippen LogP contribution is 2.18. The Labute approximate surface area is 117 Å². The second-order valence-electron chi connectivity index (χ2n) is 4.71. The molecule has 0 spiro atoms. The number of rotatable bonds is 7. The number of nitrogens with one attached hydrogen (secondary N) is 1. The Kier molecular flexibility index (Phi) is 5.47. The maximum absolute atomic E-state index is 12.1. The molecule has 19 heavy (non-hydrogen) atoms. The predicted molar refractivity (Wildman–Crippen MR) is 74.5 cm³/mol. The van der Waals surface area contributed by atoms with E-state index in [-0.39, 0.29) is 5.91 Å². The van der Waals surface area contributed by atoms with E-state index in [1.807, 2.05) is 13.8 Å². The number of hydrogen-bond acceptors (Lipinski definition) is 4. The lowest BCUT2D eigenvalue weighted by molar-refractivity contribution is -0.144. The molecule has 0 saturated carbocycles. The maximum Gasteiger partial charge on any atom is 0.329 e. The molecule has 1 aromatic heterocycles. The van der Waals surface area contributed by atoms with E-state index in [1.54, 1.807) is 0 Å². The highest BCUT2D eigenvalue weighted by molar-refractivity contribution is 7.13. The largest absolute Gasteiger partial charge is 0.480 e. The van der Waals surface area contributed by atoms with Gasteiger partial charge >= 0.3 is 5.97 Å². The van der Waals surface area contributed by atoms with Gasteiger partial charge in [-0.05, 0) is 26.2 Å². The van der Waals surface area contributed by atoms with E-state index >= 15 is 0 Å². The molecule has 0 radical (unpaired) electrons. The third-order valence-electron chi connectivity index (χ3n) is 2.85. The van der Waals surface area contributed by atoms with Crippen LogP contribution in [0.25, 0.3) is 0 Å². The quantitative estimate of drug-likeness (QED) is 0.806. The smallest absolute Gasteiger partial charge is 0.329 e. The number of aromatic nitrogens is 1. The van der Waals surface area contributed by atoms with Gasteiger partial charge in [0, 0.05) is 0 Å². The van der Waals surface area contributed by atoms with Gasteiger partial charge in [0.25, 0.3) is 5.91 Å². The molecule has 0 bridgehead atoms. The molecule has 1 rings (SSSR count). The Morgan fingerprint density at radius 3 is 2.63 bits per heavy atom. The standard InChI is InChI=1S/C13H20N2O3S/c1-4-6-10-14-8-9(19-10)11(16)15-13(3,7-5-2)12(17)18/h8H,4-7H2,1-3H3,(H,15,16)(H,17,18). The van der Waals surface area contributed by atoms with Crippen LogP contribution in [0.1, 0.15) is 54.7 Å². The first kappa shape index (κ1) is 15.6. The first-order valence-corrected chi connectivity index (χ1v) is 7.25. The molecule has 0 aliphatic rings. The molecule has 5 nitrogen and oxygen atoms in total. The summed E-state index contributed by atoms with van der Waals surface area (Å²) >= 11 is 1.32. The van der Waals surface area contributed by atoms with Crippen LogP contribution in [-0.2, 0) is 11.2 Å². The summed E-state index contributed by atoms with van der Waals surface area (Å²) in [6.07, 6.45) is 4.40. The molecule has 0 aliphatic carbocycles. The summed E-state index contributed by atoms with van der Waals surface area (Å²) in [5.74, 6) is -1.38. The number of aliphatic carboxylic acids is 1. The minimum atomic E-state index is -1.22. The van der Waals surface area contributed by atoms with E-state index in [0.717, 1.165) is 17.8 Å². The number of nitrogens with zero attached hydrogens (tertiary/aromatic N) is 1. The molecular weight excluding hydrogens is 264 g/mol. The minimum absolute atomic E-state index is 0.363. The summed E-state index contributed by atoms with van der Waals surface area (Å²) in [6.45, 7) is 5.47. The van der Waals surface area contributed by atoms with Crippen LogP contribution >= 0.6 is 11.3 Å². The van der Waals surface area contributed by atoms with Crippen molar-refractivity contribution in [3.8, 4) is 0 Å². The average molecular weight is 284 g/mol. The summed E-state index contributed by atoms with van der Waals surface area (Å²) in [5, 5.41) is 12.7. The molecule has 1 amide bonds. The van der Waals surface area contributed by atoms with Crippen molar-refractivity contribution in [2.75, 3.05) is 0 Å². The van der Waals surface area contributed by atoms with Crippen molar-refractivity contribution in [2.24, 2.45) is 0 Å². The van der Waals surface area contributed by atoms with Crippen molar-refractivity contribution < 1.29 is 14.7 Å². The molecule has 0 aliphatic heterocycles. The number of carboxylic acid groups (broad SMARTS) is 1. The van der Waals surface area contributed by atoms with Gasteiger partial charge in [-0.2, -0.15) is 0 Å². The molecule has 1 aromatic rings. The van der Waals surface area contributed by atoms with Gasteiger partial charge in [0.15, 0.2) is 0 Å². The Bertz CT molecular complexity index is 458. The summed E-state index contributed by atoms with van der Waals surface area (Å²) < 4.78 is 0. The Morgan fingerprint density at radius 2 is 2.11 bits per heavy atom. The van der Waals surface area contributed by atoms with Crippen LogP contribution in [0.15, 0.2) is 6.20 Å². The Morgan fingerprint density at radius 1 is 1.42 bits per heavy atom. The van der Waals surface area contributed by atoms with Crippen LogP contribution < -0.4 is 5.32 Å². The maximum atomic E-state index is 12.1. The minimum Gasteiger partial charge on any atom is -0.480 e. The first-order valence-electron chi connectivity index (χ1n) is 6.43. The lowest BCUT2D eigenvalue weighted by atomic mass is 9.96. The third kappa shape index (κ3) is 4.02. The summed E-state index contributed by atoms with van der Waals surface area (Å²) in [6, 6.07) is 0. The molecule has 1 atom stereocenters. The normalized spacial score (nSPS) is 13.8. The van der Waals surface area contributed by atoms with Crippen LogP contribution in [0.3, 0.4) is 0 Å². The number of aryl methyl sites for hydroxylation is 1. The fraction of sp³-hybridized carbons (Fsp3) is 0.615. The van der Waals surface area contributed by atoms with Crippen LogP contribution in [-0.4, -0.2) is 27.5 Å². The summed E-state index contributed by atoms with van der Waals surface area (Å²) in [7, 11) is 0. The van der Waals surface area contributed by atoms with Gasteiger partial charge in [-0.25, -0.2) is 9.78 Å². The fourth-order valence-corrected chi connectivity index (χ4v) is 2.69. The van der Waals surface area contributed by atoms with E-state index in [0.29, 0.717) is 17.7 Å². The monoisotopic (exact) mass is 284 g/mol. The number of carbonyl (C=O) groups is 2. The molecule has 1 unspecified atom stereocenters. The Balaban J connectivity index is 2.78. The Hall–Kier alpha value is -1.43. The van der Waals surface area contributed by atoms with Gasteiger partial charge in [-0.3, -0.25) is 4.79 Å². The predicted octanol–water partition coefficient (Wildman–Crippen LogP) is 2.47. The van der Waals surface area contributed by atoms with Gasteiger partial charge in [0.2, 0.25) is 0 Å². The zero-order valence-corrected chi connectivity index (χ0v) is 12.3. The van der Waals surface area contributed by atoms with Crippen LogP contribution in [0.4, 0.5) is 0 Å². The van der Waals surface area contributed by atoms with Crippen molar-refractivity contribution in [3.63, 3.8) is 0 Å². The van der Waals surface area contributed by atoms with E-state index in [9.17, 15) is 14.7 Å². The molecule has 2 N–H and O–H groups in total. The number of hydrogen-bond donors (Lipinski definition) is 2. The van der Waals surface area contributed by atoms with Crippen LogP contribution in [0.2, 0.25) is 0 Å². The molecule has 106 valence electrons. The lowest BCUT2D eigenvalue weighted by Gasteiger charge is -2.25. The van der Waals surface area contributed by atoms with Gasteiger partial charge in [-0.15, -0.1) is 11.3 Å². The van der Waals surface area contributed by atoms with E-state index in [1.165, 1.54) is 24.5 Å². The van der Waals surface area contributed by atoms with Crippen molar-refractivity contribution >= 4 is 23.2 Å². The van der Waals surface area contributed by atoms with Crippen molar-refractivity contribution in [1.29, 1.82) is 0 Å². The van der Waals surface area contributed by atoms with E-state index in [2.05, 4.69) is 10.3 Å². The molecular formula is C13H20N2O3S. The van der Waals surface area contributed by atoms with E-state index in [4.69, 9.17) is 0 Å². The number of thiazole rings is 1. The van der Waals surface area contributed by atoms with Crippen molar-refractivity contribution in [2.45, 2.75) is 52.0 Å². The van der Waals surface area contributed by atoms with Gasteiger partial charge < -0.3 is 10.4 Å². The average Bonchev–Trinajstić information content (AvgIpc) is 2.78. The first-order chi connectivity index (χ1) is 8.92. The highest BCUT2D eigenvalue weighted by Gasteiger charge is 2.34. The van der Waals surface area contributed by atoms with Gasteiger partial charge in [0.1, 0.15) is 10.4 Å². The van der Waals surface area contributed by atoms with Gasteiger partial charge in [-0.1, -0.05) is 20.3 Å². The molecule has 6 heteroatoms. The van der Waals surface area contributed by atoms with E-state index < -0.39 is 11.5 Å². The molecule has 1 heterocycles. The fourth-order valence-electron chi connectivity index (χ4n) is 1.78.